The molecule has 1 saturated heterocycles. The Morgan fingerprint density at radius 3 is 2.82 bits per heavy atom. The van der Waals surface area contributed by atoms with Gasteiger partial charge in [0, 0.05) is 49.0 Å². The van der Waals surface area contributed by atoms with Crippen LogP contribution < -0.4 is 15.0 Å². The van der Waals surface area contributed by atoms with Crippen molar-refractivity contribution in [3.05, 3.63) is 58.3 Å². The summed E-state index contributed by atoms with van der Waals surface area (Å²) in [5.74, 6) is 2.24. The van der Waals surface area contributed by atoms with Crippen LogP contribution in [0.15, 0.2) is 41.4 Å². The quantitative estimate of drug-likeness (QED) is 0.559. The minimum absolute atomic E-state index is 0.109. The van der Waals surface area contributed by atoms with Crippen LogP contribution >= 0.6 is 11.3 Å². The first-order chi connectivity index (χ1) is 16.6. The minimum Gasteiger partial charge on any atom is -0.497 e. The highest BCUT2D eigenvalue weighted by Gasteiger charge is 2.53. The Balaban J connectivity index is 1.35. The van der Waals surface area contributed by atoms with E-state index < -0.39 is 5.41 Å². The van der Waals surface area contributed by atoms with E-state index in [0.717, 1.165) is 60.4 Å². The molecule has 1 atom stereocenters. The van der Waals surface area contributed by atoms with E-state index >= 15 is 0 Å². The maximum absolute atomic E-state index is 14.2. The van der Waals surface area contributed by atoms with Gasteiger partial charge in [-0.05, 0) is 49.4 Å². The van der Waals surface area contributed by atoms with Crippen LogP contribution in [0.5, 0.6) is 5.75 Å². The van der Waals surface area contributed by atoms with Crippen molar-refractivity contribution in [1.29, 1.82) is 0 Å². The van der Waals surface area contributed by atoms with Gasteiger partial charge in [-0.15, -0.1) is 11.3 Å². The average Bonchev–Trinajstić information content (AvgIpc) is 3.38. The number of nitrogens with zero attached hydrogens (tertiary/aromatic N) is 5. The molecule has 2 fully saturated rings. The fraction of sp³-hybridized carbons (Fsp3) is 0.440. The maximum atomic E-state index is 14.2. The molecule has 1 spiro atoms. The van der Waals surface area contributed by atoms with E-state index in [9.17, 15) is 4.79 Å². The van der Waals surface area contributed by atoms with E-state index in [2.05, 4.69) is 25.6 Å². The van der Waals surface area contributed by atoms with Crippen LogP contribution in [-0.4, -0.2) is 52.5 Å². The lowest BCUT2D eigenvalue weighted by molar-refractivity contribution is -0.124. The summed E-state index contributed by atoms with van der Waals surface area (Å²) in [7, 11) is 1.65. The molecule has 1 aliphatic carbocycles. The van der Waals surface area contributed by atoms with Crippen LogP contribution in [0.1, 0.15) is 36.2 Å². The van der Waals surface area contributed by atoms with Gasteiger partial charge >= 0.3 is 0 Å². The Bertz CT molecular complexity index is 1180. The summed E-state index contributed by atoms with van der Waals surface area (Å²) < 4.78 is 5.31. The SMILES string of the molecule is COc1ccc(N2Cc3cnc(NCC4CC4)nc3C3(CCN(Cc4cscn4)C3)C2=O)cc1. The zero-order valence-electron chi connectivity index (χ0n) is 19.2. The van der Waals surface area contributed by atoms with E-state index in [1.165, 1.54) is 12.8 Å². The standard InChI is InChI=1S/C25H28N6O2S/c1-33-21-6-4-20(5-7-21)31-12-18-11-27-24(26-10-17-2-3-17)29-22(18)25(23(31)32)8-9-30(15-25)13-19-14-34-16-28-19/h4-7,11,14,16-17H,2-3,8-10,12-13,15H2,1H3,(H,26,27,29). The number of carbonyl (C=O) groups excluding carboxylic acids is 1. The highest BCUT2D eigenvalue weighted by atomic mass is 32.1. The van der Waals surface area contributed by atoms with E-state index in [1.807, 2.05) is 40.9 Å². The molecule has 1 aromatic carbocycles. The number of hydrogen-bond donors (Lipinski definition) is 1. The predicted octanol–water partition coefficient (Wildman–Crippen LogP) is 3.45. The summed E-state index contributed by atoms with van der Waals surface area (Å²) in [4.78, 5) is 32.4. The van der Waals surface area contributed by atoms with Crippen LogP contribution in [0, 0.1) is 5.92 Å². The molecule has 34 heavy (non-hydrogen) atoms. The Hall–Kier alpha value is -3.04. The molecule has 2 aliphatic heterocycles. The summed E-state index contributed by atoms with van der Waals surface area (Å²) in [6.07, 6.45) is 5.17. The van der Waals surface area contributed by atoms with E-state index in [-0.39, 0.29) is 5.91 Å². The van der Waals surface area contributed by atoms with Crippen molar-refractivity contribution in [2.24, 2.45) is 5.92 Å². The first-order valence-corrected chi connectivity index (χ1v) is 12.7. The Morgan fingerprint density at radius 2 is 2.09 bits per heavy atom. The van der Waals surface area contributed by atoms with E-state index in [1.54, 1.807) is 18.4 Å². The van der Waals surface area contributed by atoms with E-state index in [0.29, 0.717) is 19.0 Å². The topological polar surface area (TPSA) is 83.5 Å². The smallest absolute Gasteiger partial charge is 0.240 e. The number of rotatable bonds is 7. The number of nitrogens with one attached hydrogen (secondary N) is 1. The van der Waals surface area contributed by atoms with Crippen LogP contribution in [0.2, 0.25) is 0 Å². The molecule has 8 nitrogen and oxygen atoms in total. The van der Waals surface area contributed by atoms with Crippen LogP contribution in [0.3, 0.4) is 0 Å². The number of benzene rings is 1. The molecular weight excluding hydrogens is 448 g/mol. The van der Waals surface area contributed by atoms with Gasteiger partial charge in [0.25, 0.3) is 0 Å². The molecule has 176 valence electrons. The van der Waals surface area contributed by atoms with Gasteiger partial charge in [-0.2, -0.15) is 0 Å². The number of fused-ring (bicyclic) bond motifs is 2. The van der Waals surface area contributed by atoms with E-state index in [4.69, 9.17) is 9.72 Å². The summed E-state index contributed by atoms with van der Waals surface area (Å²) >= 11 is 1.60. The molecule has 1 amide bonds. The van der Waals surface area contributed by atoms with Crippen LogP contribution in [0.25, 0.3) is 0 Å². The lowest BCUT2D eigenvalue weighted by atomic mass is 9.77. The van der Waals surface area contributed by atoms with Crippen molar-refractivity contribution in [2.45, 2.75) is 37.8 Å². The summed E-state index contributed by atoms with van der Waals surface area (Å²) in [6, 6.07) is 7.69. The van der Waals surface area contributed by atoms with Crippen molar-refractivity contribution < 1.29 is 9.53 Å². The van der Waals surface area contributed by atoms with Gasteiger partial charge < -0.3 is 15.0 Å². The molecule has 1 unspecified atom stereocenters. The number of hydrogen-bond acceptors (Lipinski definition) is 8. The summed E-state index contributed by atoms with van der Waals surface area (Å²) in [5.41, 5.74) is 4.98. The van der Waals surface area contributed by atoms with Gasteiger partial charge in [-0.3, -0.25) is 9.69 Å². The molecule has 4 heterocycles. The van der Waals surface area contributed by atoms with Crippen molar-refractivity contribution in [2.75, 3.05) is 37.0 Å². The zero-order chi connectivity index (χ0) is 23.1. The third-order valence-electron chi connectivity index (χ3n) is 7.15. The molecule has 0 bridgehead atoms. The molecule has 3 aromatic rings. The van der Waals surface area contributed by atoms with Crippen molar-refractivity contribution in [1.82, 2.24) is 19.9 Å². The second-order valence-electron chi connectivity index (χ2n) is 9.50. The van der Waals surface area contributed by atoms with Gasteiger partial charge in [-0.1, -0.05) is 0 Å². The molecular formula is C25H28N6O2S. The van der Waals surface area contributed by atoms with Gasteiger partial charge in [-0.25, -0.2) is 15.0 Å². The zero-order valence-corrected chi connectivity index (χ0v) is 20.1. The Morgan fingerprint density at radius 1 is 1.24 bits per heavy atom. The highest BCUT2D eigenvalue weighted by molar-refractivity contribution is 7.07. The van der Waals surface area contributed by atoms with Crippen LogP contribution in [-0.2, 0) is 23.3 Å². The maximum Gasteiger partial charge on any atom is 0.240 e. The number of methoxy groups -OCH3 is 1. The number of anilines is 2. The minimum atomic E-state index is -0.692. The molecule has 1 saturated carbocycles. The van der Waals surface area contributed by atoms with Crippen molar-refractivity contribution in [3.8, 4) is 5.75 Å². The second kappa shape index (κ2) is 8.63. The number of thiazole rings is 1. The molecule has 3 aliphatic rings. The van der Waals surface area contributed by atoms with Crippen LogP contribution in [0.4, 0.5) is 11.6 Å². The first kappa shape index (κ1) is 21.5. The average molecular weight is 477 g/mol. The Kier molecular flexibility index (Phi) is 5.45. The van der Waals surface area contributed by atoms with Gasteiger partial charge in [0.05, 0.1) is 30.6 Å². The van der Waals surface area contributed by atoms with Crippen molar-refractivity contribution >= 4 is 28.9 Å². The fourth-order valence-electron chi connectivity index (χ4n) is 5.09. The molecule has 0 radical (unpaired) electrons. The normalized spacial score (nSPS) is 22.3. The monoisotopic (exact) mass is 476 g/mol. The molecule has 1 N–H and O–H groups in total. The van der Waals surface area contributed by atoms with Gasteiger partial charge in [0.1, 0.15) is 11.2 Å². The third kappa shape index (κ3) is 3.92. The third-order valence-corrected chi connectivity index (χ3v) is 7.78. The summed E-state index contributed by atoms with van der Waals surface area (Å²) in [5, 5.41) is 5.47. The fourth-order valence-corrected chi connectivity index (χ4v) is 5.64. The molecule has 2 aromatic heterocycles. The lowest BCUT2D eigenvalue weighted by Gasteiger charge is -2.40. The lowest BCUT2D eigenvalue weighted by Crippen LogP contribution is -2.53. The Labute approximate surface area is 203 Å². The second-order valence-corrected chi connectivity index (χ2v) is 10.2. The summed E-state index contributed by atoms with van der Waals surface area (Å²) in [6.45, 7) is 3.56. The first-order valence-electron chi connectivity index (χ1n) is 11.8. The van der Waals surface area contributed by atoms with Gasteiger partial charge in [0.2, 0.25) is 11.9 Å². The predicted molar refractivity (Wildman–Crippen MR) is 131 cm³/mol. The highest BCUT2D eigenvalue weighted by Crippen LogP contribution is 2.43. The number of likely N-dealkylation sites (tertiary alicyclic amines) is 1. The largest absolute Gasteiger partial charge is 0.497 e. The van der Waals surface area contributed by atoms with Gasteiger partial charge in [0.15, 0.2) is 0 Å². The number of aromatic nitrogens is 3. The number of carbonyl (C=O) groups is 1. The number of ether oxygens (including phenoxy) is 1. The van der Waals surface area contributed by atoms with Crippen molar-refractivity contribution in [3.63, 3.8) is 0 Å². The number of amides is 1. The molecule has 6 rings (SSSR count). The molecule has 9 heteroatoms.